The van der Waals surface area contributed by atoms with Crippen LogP contribution in [0.3, 0.4) is 0 Å². The second kappa shape index (κ2) is 22.1. The van der Waals surface area contributed by atoms with Crippen molar-refractivity contribution in [2.24, 2.45) is 0 Å². The summed E-state index contributed by atoms with van der Waals surface area (Å²) in [6.45, 7) is 4.49. The Bertz CT molecular complexity index is 3290. The zero-order valence-corrected chi connectivity index (χ0v) is 39.0. The third kappa shape index (κ3) is 12.7. The van der Waals surface area contributed by atoms with Crippen molar-refractivity contribution in [1.82, 2.24) is 40.5 Å². The lowest BCUT2D eigenvalue weighted by atomic mass is 10.1. The Balaban J connectivity index is 0.000000189. The minimum atomic E-state index is -1.03. The third-order valence-corrected chi connectivity index (χ3v) is 11.0. The summed E-state index contributed by atoms with van der Waals surface area (Å²) in [4.78, 5) is 48.6. The molecule has 352 valence electrons. The molecular formula is C53H46ClFN10O5. The summed E-state index contributed by atoms with van der Waals surface area (Å²) in [6.07, 6.45) is 11.5. The summed E-state index contributed by atoms with van der Waals surface area (Å²) < 4.78 is 24.0. The average Bonchev–Trinajstić information content (AvgIpc) is 4.14. The Morgan fingerprint density at radius 3 is 1.93 bits per heavy atom. The number of aryl methyl sites for hydroxylation is 3. The van der Waals surface area contributed by atoms with E-state index in [4.69, 9.17) is 26.2 Å². The highest BCUT2D eigenvalue weighted by Gasteiger charge is 2.42. The number of carbonyl (C=O) groups is 2. The average molecular weight is 957 g/mol. The molecule has 15 nitrogen and oxygen atoms in total. The molecule has 4 aromatic carbocycles. The molecule has 0 radical (unpaired) electrons. The van der Waals surface area contributed by atoms with Gasteiger partial charge < -0.3 is 35.8 Å². The van der Waals surface area contributed by atoms with Crippen molar-refractivity contribution >= 4 is 74.3 Å². The van der Waals surface area contributed by atoms with Crippen LogP contribution in [0.2, 0.25) is 5.02 Å². The maximum Gasteiger partial charge on any atom is 0.251 e. The number of nitrogens with zero attached hydrogens (tertiary/aromatic N) is 6. The fraction of sp³-hybridized carbons (Fsp3) is 0.170. The molecule has 1 aliphatic carbocycles. The highest BCUT2D eigenvalue weighted by Crippen LogP contribution is 2.36. The van der Waals surface area contributed by atoms with Crippen LogP contribution in [0.25, 0.3) is 27.9 Å². The number of aliphatic hydroxyl groups excluding tert-OH is 1. The summed E-state index contributed by atoms with van der Waals surface area (Å²) in [5.41, 5.74) is 7.07. The number of benzene rings is 4. The van der Waals surface area contributed by atoms with Crippen molar-refractivity contribution in [3.8, 4) is 34.8 Å². The number of aliphatic hydroxyl groups is 1. The number of alkyl halides is 1. The Morgan fingerprint density at radius 1 is 0.729 bits per heavy atom. The molecule has 0 bridgehead atoms. The fourth-order valence-electron chi connectivity index (χ4n) is 6.89. The van der Waals surface area contributed by atoms with Gasteiger partial charge in [0.1, 0.15) is 59.4 Å². The molecule has 0 unspecified atom stereocenters. The Morgan fingerprint density at radius 2 is 1.34 bits per heavy atom. The van der Waals surface area contributed by atoms with Gasteiger partial charge in [0, 0.05) is 45.6 Å². The molecule has 0 saturated heterocycles. The van der Waals surface area contributed by atoms with Gasteiger partial charge in [-0.2, -0.15) is 0 Å². The lowest BCUT2D eigenvalue weighted by Crippen LogP contribution is -2.37. The number of aromatic nitrogens is 6. The monoisotopic (exact) mass is 956 g/mol. The van der Waals surface area contributed by atoms with Gasteiger partial charge in [-0.15, -0.1) is 0 Å². The first-order valence-electron chi connectivity index (χ1n) is 22.0. The van der Waals surface area contributed by atoms with E-state index in [9.17, 15) is 14.0 Å². The van der Waals surface area contributed by atoms with Crippen LogP contribution in [0.15, 0.2) is 128 Å². The van der Waals surface area contributed by atoms with E-state index in [2.05, 4.69) is 63.0 Å². The molecule has 4 heterocycles. The van der Waals surface area contributed by atoms with Crippen LogP contribution in [-0.4, -0.2) is 72.2 Å². The van der Waals surface area contributed by atoms with Crippen LogP contribution in [0.1, 0.15) is 40.9 Å². The Hall–Kier alpha value is -8.52. The van der Waals surface area contributed by atoms with Gasteiger partial charge in [0.15, 0.2) is 6.67 Å². The van der Waals surface area contributed by atoms with E-state index in [0.717, 1.165) is 79.8 Å². The van der Waals surface area contributed by atoms with E-state index in [-0.39, 0.29) is 6.54 Å². The maximum absolute atomic E-state index is 12.2. The third-order valence-electron chi connectivity index (χ3n) is 10.7. The number of fused-ring (bicyclic) bond motifs is 2. The van der Waals surface area contributed by atoms with E-state index in [1.165, 1.54) is 12.7 Å². The SMILES string of the molecule is Cc1ccc(Oc2ccc(Nc3ncnc4ccc(C#CC5(NC(=O)CO)CC5)cc34)cc2C)cn1.Cc1ccc(Oc2ccc(Nc3ncnc4ccc(C=CCNC(=O)CF)cc34)cc2Cl)cn1. The van der Waals surface area contributed by atoms with Gasteiger partial charge in [-0.1, -0.05) is 41.7 Å². The second-order valence-electron chi connectivity index (χ2n) is 16.2. The van der Waals surface area contributed by atoms with Crippen molar-refractivity contribution < 1.29 is 28.6 Å². The molecule has 70 heavy (non-hydrogen) atoms. The maximum atomic E-state index is 12.2. The van der Waals surface area contributed by atoms with Gasteiger partial charge in [-0.25, -0.2) is 24.3 Å². The van der Waals surface area contributed by atoms with Crippen LogP contribution in [0.5, 0.6) is 23.0 Å². The van der Waals surface area contributed by atoms with E-state index >= 15 is 0 Å². The molecule has 4 aromatic heterocycles. The predicted molar refractivity (Wildman–Crippen MR) is 268 cm³/mol. The molecule has 0 aliphatic heterocycles. The van der Waals surface area contributed by atoms with E-state index < -0.39 is 30.6 Å². The zero-order chi connectivity index (χ0) is 49.0. The molecule has 1 aliphatic rings. The number of pyridine rings is 2. The Labute approximate surface area is 407 Å². The quantitative estimate of drug-likeness (QED) is 0.0646. The summed E-state index contributed by atoms with van der Waals surface area (Å²) in [5, 5.41) is 23.0. The standard InChI is InChI=1S/C28H25N5O3.C25H21ClFN5O2/c1-18-13-21(5-8-25(18)36-22-6-3-19(2)29-15-22)32-27-23-14-20(4-7-24(23)30-17-31-27)9-10-28(11-12-28)33-26(35)16-34;1-16-4-7-19(14-29-16)34-23-9-6-18(12-21(23)26)32-25-20-11-17(3-2-10-28-24(33)13-27)5-8-22(20)30-15-31-25/h3-8,13-15,17,34H,11-12,16H2,1-2H3,(H,33,35)(H,30,31,32);2-9,11-12,14-15H,10,13H2,1H3,(H,28,33)(H,30,31,32). The second-order valence-corrected chi connectivity index (χ2v) is 16.6. The number of rotatable bonds is 14. The number of halogens is 2. The summed E-state index contributed by atoms with van der Waals surface area (Å²) in [6, 6.07) is 30.1. The van der Waals surface area contributed by atoms with Gasteiger partial charge >= 0.3 is 0 Å². The van der Waals surface area contributed by atoms with E-state index in [0.29, 0.717) is 33.9 Å². The first-order chi connectivity index (χ1) is 33.9. The molecule has 0 spiro atoms. The molecule has 17 heteroatoms. The van der Waals surface area contributed by atoms with E-state index in [1.54, 1.807) is 30.6 Å². The predicted octanol–water partition coefficient (Wildman–Crippen LogP) is 9.79. The van der Waals surface area contributed by atoms with Crippen LogP contribution in [0.4, 0.5) is 27.4 Å². The van der Waals surface area contributed by atoms with Gasteiger partial charge in [-0.05, 0) is 136 Å². The first-order valence-corrected chi connectivity index (χ1v) is 22.4. The lowest BCUT2D eigenvalue weighted by molar-refractivity contribution is -0.124. The van der Waals surface area contributed by atoms with Crippen molar-refractivity contribution in [3.05, 3.63) is 161 Å². The van der Waals surface area contributed by atoms with Gasteiger partial charge in [-0.3, -0.25) is 19.6 Å². The number of ether oxygens (including phenoxy) is 2. The summed E-state index contributed by atoms with van der Waals surface area (Å²) >= 11 is 6.44. The molecule has 0 atom stereocenters. The van der Waals surface area contributed by atoms with Crippen molar-refractivity contribution in [2.75, 3.05) is 30.5 Å². The first kappa shape index (κ1) is 48.0. The number of carbonyl (C=O) groups excluding carboxylic acids is 2. The number of hydrogen-bond donors (Lipinski definition) is 5. The minimum Gasteiger partial charge on any atom is -0.455 e. The van der Waals surface area contributed by atoms with Crippen LogP contribution in [0, 0.1) is 32.6 Å². The Kier molecular flexibility index (Phi) is 15.1. The molecule has 2 amide bonds. The van der Waals surface area contributed by atoms with Gasteiger partial charge in [0.2, 0.25) is 5.91 Å². The van der Waals surface area contributed by atoms with Gasteiger partial charge in [0.05, 0.1) is 28.4 Å². The number of anilines is 4. The molecular weight excluding hydrogens is 911 g/mol. The highest BCUT2D eigenvalue weighted by atomic mass is 35.5. The molecule has 5 N–H and O–H groups in total. The highest BCUT2D eigenvalue weighted by molar-refractivity contribution is 6.32. The molecule has 1 fully saturated rings. The van der Waals surface area contributed by atoms with E-state index in [1.807, 2.05) is 112 Å². The lowest BCUT2D eigenvalue weighted by Gasteiger charge is -2.12. The van der Waals surface area contributed by atoms with Gasteiger partial charge in [0.25, 0.3) is 5.91 Å². The summed E-state index contributed by atoms with van der Waals surface area (Å²) in [7, 11) is 0. The fourth-order valence-corrected chi connectivity index (χ4v) is 7.11. The smallest absolute Gasteiger partial charge is 0.251 e. The van der Waals surface area contributed by atoms with Crippen LogP contribution < -0.4 is 30.7 Å². The van der Waals surface area contributed by atoms with Crippen molar-refractivity contribution in [2.45, 2.75) is 39.2 Å². The normalized spacial score (nSPS) is 12.3. The molecule has 1 saturated carbocycles. The van der Waals surface area contributed by atoms with Crippen LogP contribution >= 0.6 is 11.6 Å². The number of hydrogen-bond acceptors (Lipinski definition) is 13. The van der Waals surface area contributed by atoms with Crippen molar-refractivity contribution in [3.63, 3.8) is 0 Å². The summed E-state index contributed by atoms with van der Waals surface area (Å²) in [5.74, 6) is 9.05. The topological polar surface area (TPSA) is 198 Å². The number of nitrogens with one attached hydrogen (secondary N) is 4. The molecule has 8 aromatic rings. The molecule has 9 rings (SSSR count). The largest absolute Gasteiger partial charge is 0.455 e. The number of amides is 2. The minimum absolute atomic E-state index is 0.239. The van der Waals surface area contributed by atoms with Crippen LogP contribution in [-0.2, 0) is 9.59 Å². The zero-order valence-electron chi connectivity index (χ0n) is 38.3. The van der Waals surface area contributed by atoms with Crippen molar-refractivity contribution in [1.29, 1.82) is 0 Å².